The number of carboxylic acids is 1. The van der Waals surface area contributed by atoms with Gasteiger partial charge in [-0.1, -0.05) is 41.5 Å². The molecule has 1 fully saturated rings. The van der Waals surface area contributed by atoms with Gasteiger partial charge in [-0.25, -0.2) is 4.98 Å². The minimum atomic E-state index is -0.799. The van der Waals surface area contributed by atoms with E-state index in [0.717, 1.165) is 65.5 Å². The Balaban J connectivity index is 1.73. The van der Waals surface area contributed by atoms with E-state index >= 15 is 0 Å². The Hall–Kier alpha value is -3.06. The van der Waals surface area contributed by atoms with Crippen molar-refractivity contribution in [2.75, 3.05) is 44.7 Å². The summed E-state index contributed by atoms with van der Waals surface area (Å²) in [5.74, 6) is 0.910. The maximum absolute atomic E-state index is 11.0. The summed E-state index contributed by atoms with van der Waals surface area (Å²) in [6.45, 7) is 17.7. The third-order valence-electron chi connectivity index (χ3n) is 7.09. The fourth-order valence-corrected chi connectivity index (χ4v) is 4.83. The molecule has 2 N–H and O–H groups in total. The molecular weight excluding hydrogens is 464 g/mol. The molecule has 0 aliphatic carbocycles. The van der Waals surface area contributed by atoms with Crippen LogP contribution in [0.2, 0.25) is 0 Å². The molecule has 0 unspecified atom stereocenters. The minimum Gasteiger partial charge on any atom is -0.493 e. The first-order valence-electron chi connectivity index (χ1n) is 13.3. The second kappa shape index (κ2) is 10.4. The van der Waals surface area contributed by atoms with Gasteiger partial charge in [0.15, 0.2) is 0 Å². The van der Waals surface area contributed by atoms with Crippen LogP contribution in [-0.2, 0) is 15.6 Å². The molecule has 0 atom stereocenters. The van der Waals surface area contributed by atoms with Crippen LogP contribution in [0.25, 0.3) is 22.4 Å². The summed E-state index contributed by atoms with van der Waals surface area (Å²) in [5.41, 5.74) is 6.12. The number of hydrogen-bond donors (Lipinski definition) is 2. The van der Waals surface area contributed by atoms with E-state index < -0.39 is 5.97 Å². The van der Waals surface area contributed by atoms with Crippen molar-refractivity contribution in [2.24, 2.45) is 0 Å². The second-order valence-corrected chi connectivity index (χ2v) is 12.3. The molecule has 7 nitrogen and oxygen atoms in total. The molecule has 0 radical (unpaired) electrons. The van der Waals surface area contributed by atoms with Crippen LogP contribution in [0.15, 0.2) is 30.3 Å². The standard InChI is InChI=1S/C30H42N4O3/c1-29(2,3)22-17-20(18-23(30(4,5)6)27(22)37-16-8-9-26(35)36)28-31-24-11-10-21(19-25(24)32-28)34-14-12-33(7)13-15-34/h10-11,17-19H,8-9,12-16H2,1-7H3,(H,31,32)(H,35,36). The maximum Gasteiger partial charge on any atom is 0.303 e. The number of anilines is 1. The molecule has 1 saturated heterocycles. The number of carboxylic acid groups (broad SMARTS) is 1. The van der Waals surface area contributed by atoms with Gasteiger partial charge in [0.25, 0.3) is 0 Å². The van der Waals surface area contributed by atoms with Crippen molar-refractivity contribution >= 4 is 22.7 Å². The number of carbonyl (C=O) groups is 1. The quantitative estimate of drug-likeness (QED) is 0.393. The molecule has 2 aromatic carbocycles. The Bertz CT molecular complexity index is 1220. The largest absolute Gasteiger partial charge is 0.493 e. The number of nitrogens with one attached hydrogen (secondary N) is 1. The molecule has 1 aliphatic heterocycles. The minimum absolute atomic E-state index is 0.100. The normalized spacial score (nSPS) is 15.4. The maximum atomic E-state index is 11.0. The smallest absolute Gasteiger partial charge is 0.303 e. The van der Waals surface area contributed by atoms with Crippen molar-refractivity contribution < 1.29 is 14.6 Å². The van der Waals surface area contributed by atoms with Crippen LogP contribution in [0.4, 0.5) is 5.69 Å². The lowest BCUT2D eigenvalue weighted by Crippen LogP contribution is -2.44. The van der Waals surface area contributed by atoms with E-state index in [1.54, 1.807) is 0 Å². The Labute approximate surface area is 220 Å². The zero-order valence-electron chi connectivity index (χ0n) is 23.4. The molecule has 7 heteroatoms. The van der Waals surface area contributed by atoms with Crippen molar-refractivity contribution in [3.8, 4) is 17.1 Å². The van der Waals surface area contributed by atoms with Crippen LogP contribution >= 0.6 is 0 Å². The van der Waals surface area contributed by atoms with Gasteiger partial charge in [0.2, 0.25) is 0 Å². The molecule has 0 bridgehead atoms. The van der Waals surface area contributed by atoms with E-state index in [0.29, 0.717) is 13.0 Å². The van der Waals surface area contributed by atoms with E-state index in [9.17, 15) is 4.79 Å². The number of aromatic amines is 1. The van der Waals surface area contributed by atoms with Gasteiger partial charge < -0.3 is 24.6 Å². The molecule has 0 spiro atoms. The van der Waals surface area contributed by atoms with Gasteiger partial charge in [-0.05, 0) is 54.6 Å². The topological polar surface area (TPSA) is 81.7 Å². The highest BCUT2D eigenvalue weighted by Crippen LogP contribution is 2.43. The third-order valence-corrected chi connectivity index (χ3v) is 7.09. The Morgan fingerprint density at radius 1 is 1.00 bits per heavy atom. The van der Waals surface area contributed by atoms with Gasteiger partial charge >= 0.3 is 5.97 Å². The fourth-order valence-electron chi connectivity index (χ4n) is 4.83. The number of aliphatic carboxylic acids is 1. The van der Waals surface area contributed by atoms with Crippen molar-refractivity contribution in [3.63, 3.8) is 0 Å². The lowest BCUT2D eigenvalue weighted by atomic mass is 9.78. The van der Waals surface area contributed by atoms with Crippen molar-refractivity contribution in [2.45, 2.75) is 65.2 Å². The average Bonchev–Trinajstić information content (AvgIpc) is 3.24. The van der Waals surface area contributed by atoms with Crippen LogP contribution in [0.1, 0.15) is 65.5 Å². The highest BCUT2D eigenvalue weighted by molar-refractivity contribution is 5.83. The molecule has 1 aromatic heterocycles. The number of likely N-dealkylation sites (N-methyl/N-ethyl adjacent to an activating group) is 1. The van der Waals surface area contributed by atoms with Crippen LogP contribution < -0.4 is 9.64 Å². The molecule has 1 aliphatic rings. The molecule has 37 heavy (non-hydrogen) atoms. The van der Waals surface area contributed by atoms with Crippen LogP contribution in [0.5, 0.6) is 5.75 Å². The highest BCUT2D eigenvalue weighted by Gasteiger charge is 2.29. The third kappa shape index (κ3) is 6.27. The van der Waals surface area contributed by atoms with Gasteiger partial charge in [-0.15, -0.1) is 0 Å². The fraction of sp³-hybridized carbons (Fsp3) is 0.533. The van der Waals surface area contributed by atoms with Crippen molar-refractivity contribution in [3.05, 3.63) is 41.5 Å². The van der Waals surface area contributed by atoms with E-state index in [1.807, 2.05) is 0 Å². The van der Waals surface area contributed by atoms with E-state index in [1.165, 1.54) is 5.69 Å². The van der Waals surface area contributed by atoms with Crippen molar-refractivity contribution in [1.29, 1.82) is 0 Å². The lowest BCUT2D eigenvalue weighted by molar-refractivity contribution is -0.137. The molecule has 0 amide bonds. The first kappa shape index (κ1) is 27.0. The van der Waals surface area contributed by atoms with E-state index in [4.69, 9.17) is 14.8 Å². The van der Waals surface area contributed by atoms with Gasteiger partial charge in [0.1, 0.15) is 11.6 Å². The first-order valence-corrected chi connectivity index (χ1v) is 13.3. The Morgan fingerprint density at radius 3 is 2.19 bits per heavy atom. The lowest BCUT2D eigenvalue weighted by Gasteiger charge is -2.34. The molecule has 0 saturated carbocycles. The van der Waals surface area contributed by atoms with Crippen LogP contribution in [0, 0.1) is 0 Å². The number of benzene rings is 2. The van der Waals surface area contributed by atoms with Gasteiger partial charge in [-0.2, -0.15) is 0 Å². The first-order chi connectivity index (χ1) is 17.3. The predicted molar refractivity (Wildman–Crippen MR) is 151 cm³/mol. The van der Waals surface area contributed by atoms with Gasteiger partial charge in [0, 0.05) is 55.0 Å². The number of fused-ring (bicyclic) bond motifs is 1. The van der Waals surface area contributed by atoms with Crippen LogP contribution in [-0.4, -0.2) is 65.8 Å². The van der Waals surface area contributed by atoms with E-state index in [-0.39, 0.29) is 17.3 Å². The zero-order valence-corrected chi connectivity index (χ0v) is 23.4. The number of imidazole rings is 1. The summed E-state index contributed by atoms with van der Waals surface area (Å²) < 4.78 is 6.31. The summed E-state index contributed by atoms with van der Waals surface area (Å²) in [6.07, 6.45) is 0.576. The summed E-state index contributed by atoms with van der Waals surface area (Å²) in [5, 5.41) is 9.03. The number of nitrogens with zero attached hydrogens (tertiary/aromatic N) is 3. The summed E-state index contributed by atoms with van der Waals surface area (Å²) in [4.78, 5) is 24.3. The predicted octanol–water partition coefficient (Wildman–Crippen LogP) is 5.82. The summed E-state index contributed by atoms with van der Waals surface area (Å²) in [6, 6.07) is 10.9. The van der Waals surface area contributed by atoms with E-state index in [2.05, 4.69) is 93.7 Å². The second-order valence-electron chi connectivity index (χ2n) is 12.3. The number of aromatic nitrogens is 2. The molecule has 4 rings (SSSR count). The number of ether oxygens (including phenoxy) is 1. The van der Waals surface area contributed by atoms with Gasteiger partial charge in [0.05, 0.1) is 17.6 Å². The highest BCUT2D eigenvalue weighted by atomic mass is 16.5. The Morgan fingerprint density at radius 2 is 1.62 bits per heavy atom. The molecule has 3 aromatic rings. The SMILES string of the molecule is CN1CCN(c2ccc3nc(-c4cc(C(C)(C)C)c(OCCCC(=O)O)c(C(C)(C)C)c4)[nH]c3c2)CC1. The number of rotatable bonds is 7. The van der Waals surface area contributed by atoms with Crippen LogP contribution in [0.3, 0.4) is 0 Å². The molecule has 200 valence electrons. The average molecular weight is 507 g/mol. The zero-order chi connectivity index (χ0) is 27.0. The monoisotopic (exact) mass is 506 g/mol. The van der Waals surface area contributed by atoms with Crippen molar-refractivity contribution in [1.82, 2.24) is 14.9 Å². The number of hydrogen-bond acceptors (Lipinski definition) is 5. The Kier molecular flexibility index (Phi) is 7.56. The summed E-state index contributed by atoms with van der Waals surface area (Å²) in [7, 11) is 2.17. The summed E-state index contributed by atoms with van der Waals surface area (Å²) >= 11 is 0. The van der Waals surface area contributed by atoms with Gasteiger partial charge in [-0.3, -0.25) is 4.79 Å². The number of H-pyrrole nitrogens is 1. The molecule has 2 heterocycles. The molecular formula is C30H42N4O3. The number of piperazine rings is 1.